The van der Waals surface area contributed by atoms with Crippen molar-refractivity contribution in [3.05, 3.63) is 44.8 Å². The van der Waals surface area contributed by atoms with E-state index < -0.39 is 0 Å². The molecule has 2 unspecified atom stereocenters. The van der Waals surface area contributed by atoms with Gasteiger partial charge in [0, 0.05) is 21.6 Å². The third kappa shape index (κ3) is 3.10. The van der Waals surface area contributed by atoms with Crippen LogP contribution in [-0.2, 0) is 0 Å². The van der Waals surface area contributed by atoms with Gasteiger partial charge in [-0.2, -0.15) is 0 Å². The molecule has 0 aliphatic carbocycles. The Balaban J connectivity index is 2.25. The molecule has 2 aromatic heterocycles. The van der Waals surface area contributed by atoms with Crippen molar-refractivity contribution in [1.29, 1.82) is 0 Å². The number of halogens is 1. The van der Waals surface area contributed by atoms with Gasteiger partial charge in [-0.15, -0.1) is 11.3 Å². The predicted octanol–water partition coefficient (Wildman–Crippen LogP) is 3.68. The summed E-state index contributed by atoms with van der Waals surface area (Å²) in [5.74, 6) is 0.722. The number of hydrogen-bond acceptors (Lipinski definition) is 4. The zero-order chi connectivity index (χ0) is 13.1. The molecule has 5 heteroatoms. The largest absolute Gasteiger partial charge is 0.482 e. The van der Waals surface area contributed by atoms with E-state index in [1.807, 2.05) is 13.0 Å². The van der Waals surface area contributed by atoms with Crippen molar-refractivity contribution < 1.29 is 4.74 Å². The van der Waals surface area contributed by atoms with Gasteiger partial charge < -0.3 is 10.5 Å². The van der Waals surface area contributed by atoms with Crippen LogP contribution in [0.25, 0.3) is 0 Å². The summed E-state index contributed by atoms with van der Waals surface area (Å²) in [7, 11) is 0. The van der Waals surface area contributed by atoms with E-state index in [1.54, 1.807) is 23.7 Å². The highest BCUT2D eigenvalue weighted by molar-refractivity contribution is 9.10. The highest BCUT2D eigenvalue weighted by atomic mass is 79.9. The van der Waals surface area contributed by atoms with E-state index in [-0.39, 0.29) is 12.1 Å². The van der Waals surface area contributed by atoms with Gasteiger partial charge in [-0.3, -0.25) is 4.98 Å². The van der Waals surface area contributed by atoms with Gasteiger partial charge >= 0.3 is 0 Å². The Kier molecular flexibility index (Phi) is 4.37. The second-order valence-corrected chi connectivity index (χ2v) is 6.07. The number of pyridine rings is 1. The van der Waals surface area contributed by atoms with Gasteiger partial charge in [0.1, 0.15) is 11.9 Å². The van der Waals surface area contributed by atoms with Crippen LogP contribution in [0.2, 0.25) is 0 Å². The van der Waals surface area contributed by atoms with Crippen LogP contribution in [0.15, 0.2) is 34.4 Å². The number of aromatic nitrogens is 1. The smallest absolute Gasteiger partial charge is 0.148 e. The molecule has 0 amide bonds. The van der Waals surface area contributed by atoms with E-state index in [0.29, 0.717) is 0 Å². The second-order valence-electron chi connectivity index (χ2n) is 4.20. The normalized spacial score (nSPS) is 14.2. The summed E-state index contributed by atoms with van der Waals surface area (Å²) in [6.07, 6.45) is 3.29. The zero-order valence-corrected chi connectivity index (χ0v) is 12.7. The molecule has 0 spiro atoms. The molecular weight excluding hydrogens is 312 g/mol. The van der Waals surface area contributed by atoms with Crippen molar-refractivity contribution in [2.24, 2.45) is 5.73 Å². The standard InChI is InChI=1S/C13H15BrN2OS/c1-8-3-4-18-13(8)12(9(2)15)17-11-5-10(14)6-16-7-11/h3-7,9,12H,15H2,1-2H3. The monoisotopic (exact) mass is 326 g/mol. The molecule has 3 nitrogen and oxygen atoms in total. The van der Waals surface area contributed by atoms with E-state index >= 15 is 0 Å². The van der Waals surface area contributed by atoms with Crippen molar-refractivity contribution in [2.75, 3.05) is 0 Å². The lowest BCUT2D eigenvalue weighted by molar-refractivity contribution is 0.182. The third-order valence-electron chi connectivity index (χ3n) is 2.58. The van der Waals surface area contributed by atoms with Gasteiger partial charge in [-0.05, 0) is 52.9 Å². The topological polar surface area (TPSA) is 48.1 Å². The van der Waals surface area contributed by atoms with E-state index in [0.717, 1.165) is 10.2 Å². The maximum absolute atomic E-state index is 6.03. The molecular formula is C13H15BrN2OS. The first kappa shape index (κ1) is 13.5. The Hall–Kier alpha value is -0.910. The first-order chi connectivity index (χ1) is 8.58. The van der Waals surface area contributed by atoms with Crippen LogP contribution < -0.4 is 10.5 Å². The number of thiophene rings is 1. The number of nitrogens with two attached hydrogens (primary N) is 1. The summed E-state index contributed by atoms with van der Waals surface area (Å²) in [6, 6.07) is 3.89. The van der Waals surface area contributed by atoms with Crippen LogP contribution in [0.3, 0.4) is 0 Å². The Bertz CT molecular complexity index is 527. The number of hydrogen-bond donors (Lipinski definition) is 1. The van der Waals surface area contributed by atoms with Crippen molar-refractivity contribution in [3.63, 3.8) is 0 Å². The molecule has 2 atom stereocenters. The summed E-state index contributed by atoms with van der Waals surface area (Å²) >= 11 is 5.05. The van der Waals surface area contributed by atoms with E-state index in [2.05, 4.69) is 39.3 Å². The van der Waals surface area contributed by atoms with E-state index in [4.69, 9.17) is 10.5 Å². The van der Waals surface area contributed by atoms with Gasteiger partial charge in [0.15, 0.2) is 0 Å². The highest BCUT2D eigenvalue weighted by Gasteiger charge is 2.21. The Morgan fingerprint density at radius 1 is 1.44 bits per heavy atom. The van der Waals surface area contributed by atoms with Crippen molar-refractivity contribution in [2.45, 2.75) is 26.0 Å². The van der Waals surface area contributed by atoms with Crippen molar-refractivity contribution in [3.8, 4) is 5.75 Å². The van der Waals surface area contributed by atoms with E-state index in [1.165, 1.54) is 10.4 Å². The lowest BCUT2D eigenvalue weighted by Crippen LogP contribution is -2.28. The molecule has 18 heavy (non-hydrogen) atoms. The van der Waals surface area contributed by atoms with Crippen LogP contribution in [0.5, 0.6) is 5.75 Å². The summed E-state index contributed by atoms with van der Waals surface area (Å²) in [6.45, 7) is 4.03. The minimum absolute atomic E-state index is 0.0821. The Labute approximate surface area is 119 Å². The average Bonchev–Trinajstić information content (AvgIpc) is 2.72. The van der Waals surface area contributed by atoms with Crippen molar-refractivity contribution >= 4 is 27.3 Å². The Morgan fingerprint density at radius 2 is 2.22 bits per heavy atom. The van der Waals surface area contributed by atoms with Crippen LogP contribution in [0.4, 0.5) is 0 Å². The summed E-state index contributed by atoms with van der Waals surface area (Å²) in [4.78, 5) is 5.26. The molecule has 0 aliphatic rings. The highest BCUT2D eigenvalue weighted by Crippen LogP contribution is 2.30. The molecule has 0 fully saturated rings. The minimum atomic E-state index is -0.138. The molecule has 96 valence electrons. The van der Waals surface area contributed by atoms with Gasteiger partial charge in [0.05, 0.1) is 6.20 Å². The number of aryl methyl sites for hydroxylation is 1. The average molecular weight is 327 g/mol. The molecule has 0 aromatic carbocycles. The molecule has 2 aromatic rings. The quantitative estimate of drug-likeness (QED) is 0.932. The third-order valence-corrected chi connectivity index (χ3v) is 4.09. The maximum Gasteiger partial charge on any atom is 0.148 e. The van der Waals surface area contributed by atoms with Crippen LogP contribution >= 0.6 is 27.3 Å². The molecule has 0 radical (unpaired) electrons. The van der Waals surface area contributed by atoms with Gasteiger partial charge in [0.2, 0.25) is 0 Å². The van der Waals surface area contributed by atoms with E-state index in [9.17, 15) is 0 Å². The SMILES string of the molecule is Cc1ccsc1C(Oc1cncc(Br)c1)C(C)N. The fourth-order valence-corrected chi connectivity index (χ4v) is 3.09. The van der Waals surface area contributed by atoms with Gasteiger partial charge in [-0.1, -0.05) is 0 Å². The molecule has 0 bridgehead atoms. The molecule has 2 rings (SSSR count). The first-order valence-electron chi connectivity index (χ1n) is 5.64. The number of nitrogens with zero attached hydrogens (tertiary/aromatic N) is 1. The van der Waals surface area contributed by atoms with Crippen LogP contribution in [-0.4, -0.2) is 11.0 Å². The number of rotatable bonds is 4. The lowest BCUT2D eigenvalue weighted by atomic mass is 10.1. The van der Waals surface area contributed by atoms with Crippen LogP contribution in [0, 0.1) is 6.92 Å². The molecule has 0 aliphatic heterocycles. The summed E-state index contributed by atoms with van der Waals surface area (Å²) in [5.41, 5.74) is 7.25. The Morgan fingerprint density at radius 3 is 2.78 bits per heavy atom. The summed E-state index contributed by atoms with van der Waals surface area (Å²) < 4.78 is 6.87. The number of ether oxygens (including phenoxy) is 1. The molecule has 2 heterocycles. The predicted molar refractivity (Wildman–Crippen MR) is 78.0 cm³/mol. The minimum Gasteiger partial charge on any atom is -0.482 e. The van der Waals surface area contributed by atoms with Crippen LogP contribution in [0.1, 0.15) is 23.5 Å². The first-order valence-corrected chi connectivity index (χ1v) is 7.32. The van der Waals surface area contributed by atoms with Gasteiger partial charge in [0.25, 0.3) is 0 Å². The lowest BCUT2D eigenvalue weighted by Gasteiger charge is -2.22. The van der Waals surface area contributed by atoms with Gasteiger partial charge in [-0.25, -0.2) is 0 Å². The zero-order valence-electron chi connectivity index (χ0n) is 10.3. The summed E-state index contributed by atoms with van der Waals surface area (Å²) in [5, 5.41) is 2.06. The maximum atomic E-state index is 6.03. The molecule has 2 N–H and O–H groups in total. The second kappa shape index (κ2) is 5.82. The molecule has 0 saturated carbocycles. The fourth-order valence-electron chi connectivity index (χ4n) is 1.68. The fraction of sp³-hybridized carbons (Fsp3) is 0.308. The van der Waals surface area contributed by atoms with Crippen molar-refractivity contribution in [1.82, 2.24) is 4.98 Å². The molecule has 0 saturated heterocycles.